The van der Waals surface area contributed by atoms with Crippen molar-refractivity contribution in [3.8, 4) is 0 Å². The van der Waals surface area contributed by atoms with E-state index >= 15 is 0 Å². The van der Waals surface area contributed by atoms with E-state index in [1.807, 2.05) is 19.1 Å². The van der Waals surface area contributed by atoms with Crippen LogP contribution in [0.2, 0.25) is 0 Å². The molecule has 3 rings (SSSR count). The molecule has 3 N–H and O–H groups in total. The molecule has 26 heavy (non-hydrogen) atoms. The number of hydrogen-bond donors (Lipinski definition) is 3. The first-order valence-corrected chi connectivity index (χ1v) is 9.61. The van der Waals surface area contributed by atoms with Gasteiger partial charge in [-0.15, -0.1) is 0 Å². The first-order valence-electron chi connectivity index (χ1n) is 9.61. The van der Waals surface area contributed by atoms with Crippen molar-refractivity contribution in [3.63, 3.8) is 0 Å². The van der Waals surface area contributed by atoms with Crippen LogP contribution in [-0.2, 0) is 9.59 Å². The van der Waals surface area contributed by atoms with Crippen molar-refractivity contribution in [2.75, 3.05) is 31.5 Å². The molecular formula is C19H29N5O2. The molecule has 1 aliphatic heterocycles. The van der Waals surface area contributed by atoms with Gasteiger partial charge < -0.3 is 16.0 Å². The summed E-state index contributed by atoms with van der Waals surface area (Å²) in [5.41, 5.74) is 1.07. The molecule has 2 heterocycles. The Morgan fingerprint density at radius 3 is 2.92 bits per heavy atom. The van der Waals surface area contributed by atoms with Crippen molar-refractivity contribution in [3.05, 3.63) is 23.9 Å². The highest BCUT2D eigenvalue weighted by Gasteiger charge is 2.36. The zero-order valence-electron chi connectivity index (χ0n) is 15.5. The van der Waals surface area contributed by atoms with Gasteiger partial charge in [-0.3, -0.25) is 14.5 Å². The summed E-state index contributed by atoms with van der Waals surface area (Å²) in [7, 11) is 0. The summed E-state index contributed by atoms with van der Waals surface area (Å²) >= 11 is 0. The summed E-state index contributed by atoms with van der Waals surface area (Å²) in [5, 5.41) is 9.04. The molecular weight excluding hydrogens is 330 g/mol. The number of carbonyl (C=O) groups excluding carboxylic acids is 2. The molecule has 2 aliphatic rings. The Kier molecular flexibility index (Phi) is 6.44. The summed E-state index contributed by atoms with van der Waals surface area (Å²) < 4.78 is 0. The second kappa shape index (κ2) is 8.98. The lowest BCUT2D eigenvalue weighted by molar-refractivity contribution is -0.135. The minimum atomic E-state index is -0.335. The van der Waals surface area contributed by atoms with Crippen LogP contribution in [0.5, 0.6) is 0 Å². The van der Waals surface area contributed by atoms with Crippen molar-refractivity contribution >= 4 is 17.6 Å². The maximum atomic E-state index is 12.3. The van der Waals surface area contributed by atoms with Crippen LogP contribution >= 0.6 is 0 Å². The van der Waals surface area contributed by atoms with E-state index in [0.29, 0.717) is 25.7 Å². The van der Waals surface area contributed by atoms with Crippen LogP contribution in [0.25, 0.3) is 0 Å². The quantitative estimate of drug-likeness (QED) is 0.634. The van der Waals surface area contributed by atoms with Crippen molar-refractivity contribution in [1.82, 2.24) is 20.5 Å². The Balaban J connectivity index is 1.45. The maximum Gasteiger partial charge on any atom is 0.237 e. The molecule has 2 amide bonds. The lowest BCUT2D eigenvalue weighted by atomic mass is 10.0. The number of nitrogens with zero attached hydrogens (tertiary/aromatic N) is 2. The van der Waals surface area contributed by atoms with Crippen LogP contribution in [0, 0.1) is 6.92 Å². The molecule has 1 unspecified atom stereocenters. The summed E-state index contributed by atoms with van der Waals surface area (Å²) in [6.07, 6.45) is 6.69. The maximum absolute atomic E-state index is 12.3. The Morgan fingerprint density at radius 1 is 1.35 bits per heavy atom. The molecule has 1 aliphatic carbocycles. The van der Waals surface area contributed by atoms with Gasteiger partial charge >= 0.3 is 0 Å². The smallest absolute Gasteiger partial charge is 0.237 e. The molecule has 2 fully saturated rings. The van der Waals surface area contributed by atoms with Crippen LogP contribution in [0.15, 0.2) is 18.3 Å². The molecule has 0 radical (unpaired) electrons. The van der Waals surface area contributed by atoms with E-state index in [1.165, 1.54) is 12.8 Å². The summed E-state index contributed by atoms with van der Waals surface area (Å²) in [6.45, 7) is 4.63. The second-order valence-corrected chi connectivity index (χ2v) is 7.13. The molecule has 1 atom stereocenters. The van der Waals surface area contributed by atoms with Gasteiger partial charge in [0.15, 0.2) is 0 Å². The number of amides is 2. The second-order valence-electron chi connectivity index (χ2n) is 7.13. The minimum absolute atomic E-state index is 0.0134. The van der Waals surface area contributed by atoms with Crippen LogP contribution in [0.4, 0.5) is 5.82 Å². The van der Waals surface area contributed by atoms with Gasteiger partial charge in [0.05, 0.1) is 12.5 Å². The standard InChI is InChI=1S/C19H29N5O2/c1-14-5-4-8-21-18(14)22-10-9-20-17(25)13-16-19(26)23-11-12-24(16)15-6-2-3-7-15/h4-5,8,15-16H,2-3,6-7,9-13H2,1H3,(H,20,25)(H,21,22)(H,23,26). The van der Waals surface area contributed by atoms with Gasteiger partial charge in [0.2, 0.25) is 11.8 Å². The van der Waals surface area contributed by atoms with E-state index in [0.717, 1.165) is 30.8 Å². The Morgan fingerprint density at radius 2 is 2.15 bits per heavy atom. The van der Waals surface area contributed by atoms with Crippen LogP contribution in [0.1, 0.15) is 37.7 Å². The molecule has 1 saturated carbocycles. The largest absolute Gasteiger partial charge is 0.368 e. The zero-order chi connectivity index (χ0) is 18.4. The highest BCUT2D eigenvalue weighted by Crippen LogP contribution is 2.26. The number of pyridine rings is 1. The fraction of sp³-hybridized carbons (Fsp3) is 0.632. The minimum Gasteiger partial charge on any atom is -0.368 e. The van der Waals surface area contributed by atoms with Crippen molar-refractivity contribution < 1.29 is 9.59 Å². The number of aromatic nitrogens is 1. The molecule has 0 bridgehead atoms. The third-order valence-electron chi connectivity index (χ3n) is 5.29. The number of rotatable bonds is 7. The zero-order valence-corrected chi connectivity index (χ0v) is 15.5. The topological polar surface area (TPSA) is 86.4 Å². The first-order chi connectivity index (χ1) is 12.6. The fourth-order valence-electron chi connectivity index (χ4n) is 3.92. The average molecular weight is 359 g/mol. The summed E-state index contributed by atoms with van der Waals surface area (Å²) in [6, 6.07) is 4.01. The first kappa shape index (κ1) is 18.6. The van der Waals surface area contributed by atoms with Crippen LogP contribution in [-0.4, -0.2) is 60.0 Å². The molecule has 0 aromatic carbocycles. The van der Waals surface area contributed by atoms with Gasteiger partial charge in [-0.2, -0.15) is 0 Å². The van der Waals surface area contributed by atoms with E-state index < -0.39 is 0 Å². The summed E-state index contributed by atoms with van der Waals surface area (Å²) in [5.74, 6) is 0.746. The van der Waals surface area contributed by atoms with Crippen LogP contribution in [0.3, 0.4) is 0 Å². The Bertz CT molecular complexity index is 630. The predicted octanol–water partition coefficient (Wildman–Crippen LogP) is 1.05. The van der Waals surface area contributed by atoms with Crippen molar-refractivity contribution in [2.45, 2.75) is 51.1 Å². The predicted molar refractivity (Wildman–Crippen MR) is 101 cm³/mol. The number of anilines is 1. The normalized spacial score (nSPS) is 21.4. The van der Waals surface area contributed by atoms with E-state index in [-0.39, 0.29) is 24.3 Å². The van der Waals surface area contributed by atoms with Gasteiger partial charge in [-0.25, -0.2) is 4.98 Å². The molecule has 142 valence electrons. The average Bonchev–Trinajstić information content (AvgIpc) is 3.16. The number of nitrogens with one attached hydrogen (secondary N) is 3. The van der Waals surface area contributed by atoms with E-state index in [1.54, 1.807) is 6.20 Å². The third kappa shape index (κ3) is 4.72. The molecule has 1 saturated heterocycles. The number of hydrogen-bond acceptors (Lipinski definition) is 5. The highest BCUT2D eigenvalue weighted by atomic mass is 16.2. The number of carbonyl (C=O) groups is 2. The summed E-state index contributed by atoms with van der Waals surface area (Å²) in [4.78, 5) is 31.2. The highest BCUT2D eigenvalue weighted by molar-refractivity contribution is 5.88. The van der Waals surface area contributed by atoms with Crippen molar-refractivity contribution in [1.29, 1.82) is 0 Å². The van der Waals surface area contributed by atoms with E-state index in [9.17, 15) is 9.59 Å². The van der Waals surface area contributed by atoms with Gasteiger partial charge in [-0.1, -0.05) is 18.9 Å². The Labute approximate surface area is 154 Å². The lowest BCUT2D eigenvalue weighted by Crippen LogP contribution is -2.59. The van der Waals surface area contributed by atoms with E-state index in [4.69, 9.17) is 0 Å². The Hall–Kier alpha value is -2.15. The number of aryl methyl sites for hydroxylation is 1. The van der Waals surface area contributed by atoms with Gasteiger partial charge in [0.1, 0.15) is 5.82 Å². The number of piperazine rings is 1. The fourth-order valence-corrected chi connectivity index (χ4v) is 3.92. The molecule has 7 nitrogen and oxygen atoms in total. The third-order valence-corrected chi connectivity index (χ3v) is 5.29. The SMILES string of the molecule is Cc1cccnc1NCCNC(=O)CC1C(=O)NCCN1C1CCCC1. The van der Waals surface area contributed by atoms with E-state index in [2.05, 4.69) is 25.8 Å². The monoisotopic (exact) mass is 359 g/mol. The molecule has 7 heteroatoms. The van der Waals surface area contributed by atoms with Crippen LogP contribution < -0.4 is 16.0 Å². The van der Waals surface area contributed by atoms with Gasteiger partial charge in [-0.05, 0) is 31.4 Å². The van der Waals surface area contributed by atoms with Gasteiger partial charge in [0.25, 0.3) is 0 Å². The molecule has 1 aromatic heterocycles. The van der Waals surface area contributed by atoms with Crippen molar-refractivity contribution in [2.24, 2.45) is 0 Å². The lowest BCUT2D eigenvalue weighted by Gasteiger charge is -2.38. The molecule has 1 aromatic rings. The van der Waals surface area contributed by atoms with Gasteiger partial charge in [0, 0.05) is 38.4 Å². The molecule has 0 spiro atoms.